The van der Waals surface area contributed by atoms with Crippen LogP contribution in [0.1, 0.15) is 22.1 Å². The van der Waals surface area contributed by atoms with E-state index in [0.29, 0.717) is 17.2 Å². The number of rotatable bonds is 5. The van der Waals surface area contributed by atoms with E-state index < -0.39 is 18.3 Å². The number of carbonyl (C=O) groups excluding carboxylic acids is 1. The molecule has 4 aromatic rings. The average Bonchev–Trinajstić information content (AvgIpc) is 3.36. The van der Waals surface area contributed by atoms with Gasteiger partial charge in [-0.15, -0.1) is 0 Å². The number of aliphatic hydroxyl groups is 1. The number of H-pyrrole nitrogens is 1. The molecule has 0 atom stereocenters. The summed E-state index contributed by atoms with van der Waals surface area (Å²) < 4.78 is 10.7. The van der Waals surface area contributed by atoms with E-state index in [9.17, 15) is 15.2 Å². The largest absolute Gasteiger partial charge is 0.507 e. The predicted molar refractivity (Wildman–Crippen MR) is 108 cm³/mol. The van der Waals surface area contributed by atoms with Crippen molar-refractivity contribution in [3.05, 3.63) is 77.6 Å². The van der Waals surface area contributed by atoms with Gasteiger partial charge < -0.3 is 19.2 Å². The lowest BCUT2D eigenvalue weighted by molar-refractivity contribution is 0.0494. The number of para-hydroxylation sites is 2. The van der Waals surface area contributed by atoms with Crippen LogP contribution in [0, 0.1) is 18.3 Å². The number of imidazole rings is 1. The van der Waals surface area contributed by atoms with Crippen molar-refractivity contribution in [1.29, 1.82) is 5.26 Å². The van der Waals surface area contributed by atoms with E-state index in [1.807, 2.05) is 48.5 Å². The van der Waals surface area contributed by atoms with Gasteiger partial charge in [-0.1, -0.05) is 30.3 Å². The summed E-state index contributed by atoms with van der Waals surface area (Å²) in [6.45, 7) is 1.09. The molecule has 0 amide bonds. The second-order valence-electron chi connectivity index (χ2n) is 6.40. The lowest BCUT2D eigenvalue weighted by atomic mass is 10.2. The van der Waals surface area contributed by atoms with Crippen LogP contribution >= 0.6 is 0 Å². The highest BCUT2D eigenvalue weighted by Gasteiger charge is 2.21. The third-order valence-corrected chi connectivity index (χ3v) is 4.38. The number of ether oxygens (including phenoxy) is 1. The number of esters is 1. The Morgan fingerprint density at radius 3 is 2.63 bits per heavy atom. The van der Waals surface area contributed by atoms with E-state index in [2.05, 4.69) is 15.0 Å². The molecule has 0 aliphatic heterocycles. The number of nitrogens with one attached hydrogen (secondary N) is 1. The summed E-state index contributed by atoms with van der Waals surface area (Å²) in [5, 5.41) is 19.7. The highest BCUT2D eigenvalue weighted by Crippen LogP contribution is 2.23. The monoisotopic (exact) mass is 400 g/mol. The first-order chi connectivity index (χ1) is 14.6. The Morgan fingerprint density at radius 1 is 1.17 bits per heavy atom. The van der Waals surface area contributed by atoms with Crippen molar-refractivity contribution >= 4 is 22.6 Å². The first kappa shape index (κ1) is 19.0. The van der Waals surface area contributed by atoms with E-state index >= 15 is 0 Å². The first-order valence-corrected chi connectivity index (χ1v) is 9.04. The van der Waals surface area contributed by atoms with Crippen LogP contribution in [-0.2, 0) is 4.74 Å². The van der Waals surface area contributed by atoms with Crippen molar-refractivity contribution in [1.82, 2.24) is 15.0 Å². The van der Waals surface area contributed by atoms with Gasteiger partial charge in [-0.3, -0.25) is 0 Å². The fourth-order valence-electron chi connectivity index (χ4n) is 2.89. The zero-order chi connectivity index (χ0) is 21.1. The van der Waals surface area contributed by atoms with Crippen molar-refractivity contribution < 1.29 is 19.1 Å². The number of aryl methyl sites for hydroxylation is 1. The normalized spacial score (nSPS) is 11.7. The van der Waals surface area contributed by atoms with Crippen molar-refractivity contribution in [2.45, 2.75) is 6.92 Å². The van der Waals surface area contributed by atoms with Crippen LogP contribution in [0.2, 0.25) is 0 Å². The van der Waals surface area contributed by atoms with Crippen molar-refractivity contribution in [2.75, 3.05) is 6.61 Å². The molecule has 0 saturated carbocycles. The summed E-state index contributed by atoms with van der Waals surface area (Å²) in [4.78, 5) is 23.8. The molecule has 0 unspecified atom stereocenters. The van der Waals surface area contributed by atoms with Crippen LogP contribution in [0.4, 0.5) is 0 Å². The third-order valence-electron chi connectivity index (χ3n) is 4.38. The van der Waals surface area contributed by atoms with E-state index in [-0.39, 0.29) is 17.1 Å². The number of nitriles is 1. The van der Waals surface area contributed by atoms with Gasteiger partial charge in [-0.2, -0.15) is 5.26 Å². The van der Waals surface area contributed by atoms with Crippen LogP contribution < -0.4 is 0 Å². The van der Waals surface area contributed by atoms with Gasteiger partial charge in [0.1, 0.15) is 24.0 Å². The molecule has 0 aliphatic rings. The van der Waals surface area contributed by atoms with Gasteiger partial charge >= 0.3 is 5.97 Å². The zero-order valence-electron chi connectivity index (χ0n) is 15.9. The molecule has 0 aliphatic carbocycles. The van der Waals surface area contributed by atoms with Crippen LogP contribution in [-0.4, -0.2) is 32.6 Å². The Kier molecular flexibility index (Phi) is 5.01. The maximum Gasteiger partial charge on any atom is 0.361 e. The summed E-state index contributed by atoms with van der Waals surface area (Å²) in [7, 11) is 0. The predicted octanol–water partition coefficient (Wildman–Crippen LogP) is 4.18. The molecule has 0 spiro atoms. The molecule has 8 nitrogen and oxygen atoms in total. The third kappa shape index (κ3) is 3.64. The van der Waals surface area contributed by atoms with E-state index in [1.54, 1.807) is 19.1 Å². The van der Waals surface area contributed by atoms with Gasteiger partial charge in [-0.05, 0) is 31.2 Å². The first-order valence-electron chi connectivity index (χ1n) is 9.04. The number of aromatic nitrogens is 3. The SMILES string of the molecule is Cc1oc(-c2ccccc2)nc1C(=O)OCC(O)=C(C#N)c1nc2ccccc2[nH]1. The smallest absolute Gasteiger partial charge is 0.361 e. The number of benzene rings is 2. The van der Waals surface area contributed by atoms with Gasteiger partial charge in [0.25, 0.3) is 0 Å². The Hall–Kier alpha value is -4.38. The Morgan fingerprint density at radius 2 is 1.90 bits per heavy atom. The molecule has 2 aromatic carbocycles. The van der Waals surface area contributed by atoms with Crippen LogP contribution in [0.15, 0.2) is 64.8 Å². The quantitative estimate of drug-likeness (QED) is 0.292. The molecule has 0 radical (unpaired) electrons. The van der Waals surface area contributed by atoms with Crippen molar-refractivity contribution in [3.8, 4) is 17.5 Å². The Labute approximate surface area is 171 Å². The molecule has 8 heteroatoms. The second kappa shape index (κ2) is 7.93. The maximum absolute atomic E-state index is 12.4. The Bertz CT molecular complexity index is 1260. The minimum Gasteiger partial charge on any atom is -0.507 e. The van der Waals surface area contributed by atoms with Crippen LogP contribution in [0.5, 0.6) is 0 Å². The molecule has 30 heavy (non-hydrogen) atoms. The average molecular weight is 400 g/mol. The van der Waals surface area contributed by atoms with Crippen molar-refractivity contribution in [2.24, 2.45) is 0 Å². The number of hydrogen-bond acceptors (Lipinski definition) is 7. The minimum atomic E-state index is -0.771. The number of fused-ring (bicyclic) bond motifs is 1. The molecular weight excluding hydrogens is 384 g/mol. The highest BCUT2D eigenvalue weighted by molar-refractivity contribution is 5.89. The molecular formula is C22H16N4O4. The number of aliphatic hydroxyl groups excluding tert-OH is 1. The van der Waals surface area contributed by atoms with Gasteiger partial charge in [0.05, 0.1) is 11.0 Å². The fraction of sp³-hybridized carbons (Fsp3) is 0.0909. The number of nitrogens with zero attached hydrogens (tertiary/aromatic N) is 3. The maximum atomic E-state index is 12.4. The number of hydrogen-bond donors (Lipinski definition) is 2. The number of allylic oxidation sites excluding steroid dienone is 1. The molecule has 2 aromatic heterocycles. The molecule has 148 valence electrons. The highest BCUT2D eigenvalue weighted by atomic mass is 16.5. The van der Waals surface area contributed by atoms with Crippen molar-refractivity contribution in [3.63, 3.8) is 0 Å². The van der Waals surface area contributed by atoms with E-state index in [1.165, 1.54) is 0 Å². The van der Waals surface area contributed by atoms with Crippen LogP contribution in [0.3, 0.4) is 0 Å². The lowest BCUT2D eigenvalue weighted by Crippen LogP contribution is -2.10. The molecule has 2 N–H and O–H groups in total. The minimum absolute atomic E-state index is 0.00361. The summed E-state index contributed by atoms with van der Waals surface area (Å²) in [6, 6.07) is 18.2. The number of oxazole rings is 1. The lowest BCUT2D eigenvalue weighted by Gasteiger charge is -2.04. The van der Waals surface area contributed by atoms with Crippen LogP contribution in [0.25, 0.3) is 28.1 Å². The van der Waals surface area contributed by atoms with Gasteiger partial charge in [-0.25, -0.2) is 14.8 Å². The molecule has 0 saturated heterocycles. The van der Waals surface area contributed by atoms with E-state index in [0.717, 1.165) is 11.1 Å². The number of aromatic amines is 1. The summed E-state index contributed by atoms with van der Waals surface area (Å²) in [5.74, 6) is -0.419. The zero-order valence-corrected chi connectivity index (χ0v) is 15.9. The topological polar surface area (TPSA) is 125 Å². The number of carbonyl (C=O) groups is 1. The summed E-state index contributed by atoms with van der Waals surface area (Å²) in [6.07, 6.45) is 0. The van der Waals surface area contributed by atoms with Gasteiger partial charge in [0.2, 0.25) is 5.89 Å². The fourth-order valence-corrected chi connectivity index (χ4v) is 2.89. The summed E-state index contributed by atoms with van der Waals surface area (Å²) >= 11 is 0. The molecule has 0 fully saturated rings. The second-order valence-corrected chi connectivity index (χ2v) is 6.40. The standard InChI is InChI=1S/C22H16N4O4/c1-13-19(26-21(30-13)14-7-3-2-4-8-14)22(28)29-12-18(27)15(11-23)20-24-16-9-5-6-10-17(16)25-20/h2-10,27H,12H2,1H3,(H,24,25). The summed E-state index contributed by atoms with van der Waals surface area (Å²) in [5.41, 5.74) is 1.98. The van der Waals surface area contributed by atoms with Gasteiger partial charge in [0, 0.05) is 5.56 Å². The molecule has 4 rings (SSSR count). The molecule has 0 bridgehead atoms. The van der Waals surface area contributed by atoms with E-state index in [4.69, 9.17) is 9.15 Å². The van der Waals surface area contributed by atoms with Gasteiger partial charge in [0.15, 0.2) is 17.3 Å². The Balaban J connectivity index is 1.52. The molecule has 2 heterocycles.